The van der Waals surface area contributed by atoms with Gasteiger partial charge in [-0.05, 0) is 77.5 Å². The van der Waals surface area contributed by atoms with Crippen molar-refractivity contribution in [2.45, 2.75) is 40.2 Å². The Hall–Kier alpha value is -3.05. The molecule has 0 radical (unpaired) electrons. The SMILES string of the molecule is Cc1cc(C)c(/C=C2\N=C(c3[nH]c4ccccc4c3CCN(C)C)C=C2OC(C)C)[nH]1. The van der Waals surface area contributed by atoms with Gasteiger partial charge in [-0.25, -0.2) is 4.99 Å². The number of nitrogens with one attached hydrogen (secondary N) is 2. The lowest BCUT2D eigenvalue weighted by Gasteiger charge is -2.11. The van der Waals surface area contributed by atoms with Crippen molar-refractivity contribution in [3.8, 4) is 0 Å². The molecule has 162 valence electrons. The summed E-state index contributed by atoms with van der Waals surface area (Å²) in [4.78, 5) is 14.3. The average Bonchev–Trinajstić information content (AvgIpc) is 3.35. The summed E-state index contributed by atoms with van der Waals surface area (Å²) in [6.45, 7) is 9.25. The first-order valence-corrected chi connectivity index (χ1v) is 10.9. The highest BCUT2D eigenvalue weighted by molar-refractivity contribution is 6.14. The summed E-state index contributed by atoms with van der Waals surface area (Å²) in [5.74, 6) is 0.814. The molecule has 2 N–H and O–H groups in total. The predicted molar refractivity (Wildman–Crippen MR) is 130 cm³/mol. The topological polar surface area (TPSA) is 56.4 Å². The molecule has 2 aromatic heterocycles. The molecule has 3 heterocycles. The number of H-pyrrole nitrogens is 2. The van der Waals surface area contributed by atoms with Crippen LogP contribution in [0.5, 0.6) is 0 Å². The van der Waals surface area contributed by atoms with Crippen molar-refractivity contribution in [2.24, 2.45) is 4.99 Å². The van der Waals surface area contributed by atoms with Crippen LogP contribution in [-0.4, -0.2) is 47.3 Å². The van der Waals surface area contributed by atoms with Crippen LogP contribution in [0.4, 0.5) is 0 Å². The number of hydrogen-bond donors (Lipinski definition) is 2. The minimum absolute atomic E-state index is 0.0756. The van der Waals surface area contributed by atoms with Crippen molar-refractivity contribution < 1.29 is 4.74 Å². The van der Waals surface area contributed by atoms with E-state index in [1.807, 2.05) is 13.8 Å². The van der Waals surface area contributed by atoms with Gasteiger partial charge in [0, 0.05) is 34.9 Å². The van der Waals surface area contributed by atoms with Crippen molar-refractivity contribution in [1.82, 2.24) is 14.9 Å². The fourth-order valence-corrected chi connectivity index (χ4v) is 4.05. The van der Waals surface area contributed by atoms with Crippen molar-refractivity contribution >= 4 is 22.7 Å². The summed E-state index contributed by atoms with van der Waals surface area (Å²) in [6.07, 6.45) is 5.19. The standard InChI is InChI=1S/C26H32N4O/c1-16(2)31-25-15-24(28-23(25)14-22-17(3)13-18(4)27-22)26-20(11-12-30(5)6)19-9-7-8-10-21(19)29-26/h7-10,13-16,27,29H,11-12H2,1-6H3/b23-14-. The van der Waals surface area contributed by atoms with Crippen LogP contribution in [-0.2, 0) is 11.2 Å². The fraction of sp³-hybridized carbons (Fsp3) is 0.346. The Morgan fingerprint density at radius 2 is 1.90 bits per heavy atom. The van der Waals surface area contributed by atoms with Crippen molar-refractivity contribution in [1.29, 1.82) is 0 Å². The summed E-state index contributed by atoms with van der Waals surface area (Å²) < 4.78 is 6.15. The number of rotatable bonds is 7. The highest BCUT2D eigenvalue weighted by atomic mass is 16.5. The van der Waals surface area contributed by atoms with E-state index in [1.54, 1.807) is 0 Å². The van der Waals surface area contributed by atoms with Crippen molar-refractivity contribution in [3.63, 3.8) is 0 Å². The van der Waals surface area contributed by atoms with Gasteiger partial charge in [-0.15, -0.1) is 0 Å². The molecule has 0 aliphatic carbocycles. The Morgan fingerprint density at radius 1 is 1.13 bits per heavy atom. The normalized spacial score (nSPS) is 15.4. The zero-order valence-electron chi connectivity index (χ0n) is 19.3. The van der Waals surface area contributed by atoms with E-state index in [1.165, 1.54) is 16.5 Å². The molecule has 1 aliphatic rings. The summed E-state index contributed by atoms with van der Waals surface area (Å²) in [6, 6.07) is 10.6. The molecular weight excluding hydrogens is 384 g/mol. The summed E-state index contributed by atoms with van der Waals surface area (Å²) >= 11 is 0. The number of aromatic amines is 2. The van der Waals surface area contributed by atoms with E-state index >= 15 is 0 Å². The second kappa shape index (κ2) is 8.60. The number of allylic oxidation sites excluding steroid dienone is 1. The zero-order valence-corrected chi connectivity index (χ0v) is 19.3. The fourth-order valence-electron chi connectivity index (χ4n) is 4.05. The minimum Gasteiger partial charge on any atom is -0.489 e. The first-order valence-electron chi connectivity index (χ1n) is 10.9. The summed E-state index contributed by atoms with van der Waals surface area (Å²) in [7, 11) is 4.22. The van der Waals surface area contributed by atoms with Crippen LogP contribution in [0.25, 0.3) is 17.0 Å². The number of fused-ring (bicyclic) bond motifs is 1. The second-order valence-corrected chi connectivity index (χ2v) is 8.83. The van der Waals surface area contributed by atoms with Crippen LogP contribution in [0.1, 0.15) is 42.1 Å². The molecule has 3 aromatic rings. The molecule has 5 nitrogen and oxygen atoms in total. The highest BCUT2D eigenvalue weighted by Crippen LogP contribution is 2.31. The quantitative estimate of drug-likeness (QED) is 0.544. The maximum Gasteiger partial charge on any atom is 0.147 e. The monoisotopic (exact) mass is 416 g/mol. The van der Waals surface area contributed by atoms with Crippen LogP contribution >= 0.6 is 0 Å². The molecular formula is C26H32N4O. The molecule has 1 aromatic carbocycles. The van der Waals surface area contributed by atoms with E-state index < -0.39 is 0 Å². The van der Waals surface area contributed by atoms with Gasteiger partial charge in [0.25, 0.3) is 0 Å². The number of benzene rings is 1. The number of aliphatic imine (C=N–C) groups is 1. The maximum atomic E-state index is 6.15. The van der Waals surface area contributed by atoms with Crippen LogP contribution in [0, 0.1) is 13.8 Å². The Kier molecular flexibility index (Phi) is 5.88. The lowest BCUT2D eigenvalue weighted by Crippen LogP contribution is -2.16. The van der Waals surface area contributed by atoms with Crippen molar-refractivity contribution in [3.05, 3.63) is 76.1 Å². The molecule has 5 heteroatoms. The van der Waals surface area contributed by atoms with Gasteiger partial charge in [0.05, 0.1) is 17.5 Å². The van der Waals surface area contributed by atoms with E-state index in [-0.39, 0.29) is 6.10 Å². The smallest absolute Gasteiger partial charge is 0.147 e. The van der Waals surface area contributed by atoms with Crippen LogP contribution < -0.4 is 0 Å². The number of hydrogen-bond acceptors (Lipinski definition) is 3. The largest absolute Gasteiger partial charge is 0.489 e. The van der Waals surface area contributed by atoms with Gasteiger partial charge in [0.15, 0.2) is 0 Å². The zero-order chi connectivity index (χ0) is 22.1. The Balaban J connectivity index is 1.81. The van der Waals surface area contributed by atoms with Crippen LogP contribution in [0.15, 0.2) is 52.9 Å². The van der Waals surface area contributed by atoms with E-state index in [2.05, 4.69) is 85.3 Å². The molecule has 0 unspecified atom stereocenters. The molecule has 1 aliphatic heterocycles. The van der Waals surface area contributed by atoms with Crippen LogP contribution in [0.2, 0.25) is 0 Å². The number of nitrogens with zero attached hydrogens (tertiary/aromatic N) is 2. The molecule has 0 saturated heterocycles. The predicted octanol–water partition coefficient (Wildman–Crippen LogP) is 5.37. The van der Waals surface area contributed by atoms with Crippen molar-refractivity contribution in [2.75, 3.05) is 20.6 Å². The van der Waals surface area contributed by atoms with Gasteiger partial charge in [0.1, 0.15) is 11.5 Å². The van der Waals surface area contributed by atoms with Gasteiger partial charge in [-0.2, -0.15) is 0 Å². The molecule has 0 atom stereocenters. The number of aromatic nitrogens is 2. The highest BCUT2D eigenvalue weighted by Gasteiger charge is 2.23. The van der Waals surface area contributed by atoms with Crippen LogP contribution in [0.3, 0.4) is 0 Å². The second-order valence-electron chi connectivity index (χ2n) is 8.83. The van der Waals surface area contributed by atoms with E-state index in [0.717, 1.165) is 52.7 Å². The van der Waals surface area contributed by atoms with E-state index in [9.17, 15) is 0 Å². The first-order chi connectivity index (χ1) is 14.8. The third kappa shape index (κ3) is 4.52. The molecule has 0 spiro atoms. The van der Waals surface area contributed by atoms with E-state index in [4.69, 9.17) is 9.73 Å². The lowest BCUT2D eigenvalue weighted by molar-refractivity contribution is 0.155. The summed E-state index contributed by atoms with van der Waals surface area (Å²) in [5, 5.41) is 1.26. The van der Waals surface area contributed by atoms with Gasteiger partial charge in [0.2, 0.25) is 0 Å². The number of para-hydroxylation sites is 1. The summed E-state index contributed by atoms with van der Waals surface area (Å²) in [5.41, 5.74) is 8.71. The van der Waals surface area contributed by atoms with E-state index in [0.29, 0.717) is 0 Å². The minimum atomic E-state index is 0.0756. The number of likely N-dealkylation sites (N-methyl/N-ethyl adjacent to an activating group) is 1. The first kappa shape index (κ1) is 21.2. The maximum absolute atomic E-state index is 6.15. The molecule has 0 amide bonds. The molecule has 0 bridgehead atoms. The lowest BCUT2D eigenvalue weighted by atomic mass is 10.0. The third-order valence-corrected chi connectivity index (χ3v) is 5.47. The molecule has 4 rings (SSSR count). The molecule has 31 heavy (non-hydrogen) atoms. The molecule has 0 fully saturated rings. The third-order valence-electron chi connectivity index (χ3n) is 5.47. The average molecular weight is 417 g/mol. The van der Waals surface area contributed by atoms with Gasteiger partial charge in [-0.1, -0.05) is 18.2 Å². The Morgan fingerprint density at radius 3 is 2.58 bits per heavy atom. The Labute approximate surface area is 184 Å². The van der Waals surface area contributed by atoms with Gasteiger partial charge >= 0.3 is 0 Å². The number of ether oxygens (including phenoxy) is 1. The molecule has 0 saturated carbocycles. The Bertz CT molecular complexity index is 1190. The number of aryl methyl sites for hydroxylation is 2. The van der Waals surface area contributed by atoms with Gasteiger partial charge < -0.3 is 19.6 Å². The van der Waals surface area contributed by atoms with Gasteiger partial charge in [-0.3, -0.25) is 0 Å².